The molecule has 0 fully saturated rings. The molecule has 3 aromatic rings. The molecular formula is C13H11BrClN3O2S2. The maximum atomic E-state index is 12.9. The predicted molar refractivity (Wildman–Crippen MR) is 91.9 cm³/mol. The molecule has 3 heterocycles. The molecule has 0 radical (unpaired) electrons. The Bertz CT molecular complexity index is 943. The Morgan fingerprint density at radius 2 is 2.23 bits per heavy atom. The Balaban J connectivity index is 2.30. The monoisotopic (exact) mass is 419 g/mol. The second kappa shape index (κ2) is 5.61. The largest absolute Gasteiger partial charge is 0.324 e. The first-order chi connectivity index (χ1) is 10.3. The van der Waals surface area contributed by atoms with E-state index in [2.05, 4.69) is 20.9 Å². The van der Waals surface area contributed by atoms with Crippen molar-refractivity contribution in [3.8, 4) is 0 Å². The molecule has 0 aliphatic rings. The summed E-state index contributed by atoms with van der Waals surface area (Å²) in [5.74, 6) is 0. The van der Waals surface area contributed by atoms with E-state index in [9.17, 15) is 8.42 Å². The van der Waals surface area contributed by atoms with Crippen molar-refractivity contribution < 1.29 is 8.42 Å². The van der Waals surface area contributed by atoms with Gasteiger partial charge in [-0.1, -0.05) is 11.6 Å². The summed E-state index contributed by atoms with van der Waals surface area (Å²) in [6.07, 6.45) is 3.08. The number of nitrogens with two attached hydrogens (primary N) is 1. The van der Waals surface area contributed by atoms with E-state index in [0.717, 1.165) is 26.3 Å². The molecule has 9 heteroatoms. The molecule has 2 N–H and O–H groups in total. The number of pyridine rings is 1. The number of hydrogen-bond acceptors (Lipinski definition) is 5. The van der Waals surface area contributed by atoms with Crippen LogP contribution in [0, 0.1) is 0 Å². The zero-order chi connectivity index (χ0) is 16.1. The molecule has 3 rings (SSSR count). The maximum absolute atomic E-state index is 12.9. The van der Waals surface area contributed by atoms with Gasteiger partial charge in [0.05, 0.1) is 0 Å². The van der Waals surface area contributed by atoms with Gasteiger partial charge in [-0.15, -0.1) is 11.3 Å². The number of thiophene rings is 1. The van der Waals surface area contributed by atoms with Crippen LogP contribution in [0.2, 0.25) is 4.34 Å². The zero-order valence-corrected chi connectivity index (χ0v) is 15.3. The molecule has 0 aliphatic carbocycles. The first-order valence-electron chi connectivity index (χ1n) is 6.24. The quantitative estimate of drug-likeness (QED) is 0.699. The highest BCUT2D eigenvalue weighted by Crippen LogP contribution is 2.37. The topological polar surface area (TPSA) is 78.0 Å². The van der Waals surface area contributed by atoms with Gasteiger partial charge >= 0.3 is 0 Å². The lowest BCUT2D eigenvalue weighted by Crippen LogP contribution is -2.11. The fourth-order valence-electron chi connectivity index (χ4n) is 2.15. The van der Waals surface area contributed by atoms with E-state index in [0.29, 0.717) is 14.5 Å². The molecule has 0 spiro atoms. The van der Waals surface area contributed by atoms with Crippen LogP contribution in [-0.2, 0) is 10.0 Å². The molecule has 22 heavy (non-hydrogen) atoms. The fourth-order valence-corrected chi connectivity index (χ4v) is 5.88. The summed E-state index contributed by atoms with van der Waals surface area (Å²) >= 11 is 10.2. The SMILES string of the molecule is CC(N)c1cn(S(=O)(=O)c2cc(Br)c(Cl)s2)c2ncccc12. The summed E-state index contributed by atoms with van der Waals surface area (Å²) in [5.41, 5.74) is 7.03. The summed E-state index contributed by atoms with van der Waals surface area (Å²) in [4.78, 5) is 4.19. The second-order valence-corrected chi connectivity index (χ2v) is 9.29. The van der Waals surface area contributed by atoms with E-state index in [1.54, 1.807) is 19.2 Å². The van der Waals surface area contributed by atoms with Crippen LogP contribution in [0.15, 0.2) is 39.3 Å². The van der Waals surface area contributed by atoms with Gasteiger partial charge in [-0.05, 0) is 46.6 Å². The van der Waals surface area contributed by atoms with Crippen LogP contribution in [-0.4, -0.2) is 17.4 Å². The van der Waals surface area contributed by atoms with Gasteiger partial charge in [0.25, 0.3) is 10.0 Å². The summed E-state index contributed by atoms with van der Waals surface area (Å²) in [6, 6.07) is 4.75. The van der Waals surface area contributed by atoms with Crippen LogP contribution in [0.5, 0.6) is 0 Å². The van der Waals surface area contributed by atoms with E-state index < -0.39 is 10.0 Å². The van der Waals surface area contributed by atoms with Gasteiger partial charge in [-0.3, -0.25) is 0 Å². The molecule has 0 amide bonds. The maximum Gasteiger partial charge on any atom is 0.278 e. The third-order valence-electron chi connectivity index (χ3n) is 3.19. The Labute approximate surface area is 144 Å². The minimum atomic E-state index is -3.78. The van der Waals surface area contributed by atoms with Crippen molar-refractivity contribution >= 4 is 59.9 Å². The average molecular weight is 421 g/mol. The van der Waals surface area contributed by atoms with E-state index in [1.807, 2.05) is 6.07 Å². The number of rotatable bonds is 3. The lowest BCUT2D eigenvalue weighted by molar-refractivity contribution is 0.590. The number of hydrogen-bond donors (Lipinski definition) is 1. The Morgan fingerprint density at radius 3 is 2.82 bits per heavy atom. The van der Waals surface area contributed by atoms with Crippen molar-refractivity contribution in [2.24, 2.45) is 5.73 Å². The molecule has 3 aromatic heterocycles. The summed E-state index contributed by atoms with van der Waals surface area (Å²) in [6.45, 7) is 1.80. The van der Waals surface area contributed by atoms with E-state index in [-0.39, 0.29) is 10.3 Å². The van der Waals surface area contributed by atoms with Gasteiger partial charge in [0.1, 0.15) is 8.55 Å². The Kier molecular flexibility index (Phi) is 4.07. The highest BCUT2D eigenvalue weighted by molar-refractivity contribution is 9.10. The predicted octanol–water partition coefficient (Wildman–Crippen LogP) is 3.77. The fraction of sp³-hybridized carbons (Fsp3) is 0.154. The van der Waals surface area contributed by atoms with Crippen LogP contribution >= 0.6 is 38.9 Å². The van der Waals surface area contributed by atoms with Crippen molar-refractivity contribution in [2.75, 3.05) is 0 Å². The van der Waals surface area contributed by atoms with Crippen LogP contribution < -0.4 is 5.73 Å². The second-order valence-electron chi connectivity index (χ2n) is 4.74. The van der Waals surface area contributed by atoms with Crippen LogP contribution in [0.4, 0.5) is 0 Å². The highest BCUT2D eigenvalue weighted by atomic mass is 79.9. The molecule has 0 bridgehead atoms. The number of nitrogens with zero attached hydrogens (tertiary/aromatic N) is 2. The first kappa shape index (κ1) is 15.9. The summed E-state index contributed by atoms with van der Waals surface area (Å²) < 4.78 is 28.0. The molecule has 1 unspecified atom stereocenters. The first-order valence-corrected chi connectivity index (χ1v) is 9.67. The van der Waals surface area contributed by atoms with Crippen molar-refractivity contribution in [1.29, 1.82) is 0 Å². The van der Waals surface area contributed by atoms with Crippen LogP contribution in [0.25, 0.3) is 11.0 Å². The minimum Gasteiger partial charge on any atom is -0.324 e. The van der Waals surface area contributed by atoms with Gasteiger partial charge in [0.15, 0.2) is 5.65 Å². The number of halogens is 2. The molecular weight excluding hydrogens is 410 g/mol. The van der Waals surface area contributed by atoms with Gasteiger partial charge in [-0.25, -0.2) is 8.96 Å². The van der Waals surface area contributed by atoms with Crippen molar-refractivity contribution in [3.63, 3.8) is 0 Å². The number of fused-ring (bicyclic) bond motifs is 1. The van der Waals surface area contributed by atoms with Crippen LogP contribution in [0.1, 0.15) is 18.5 Å². The summed E-state index contributed by atoms with van der Waals surface area (Å²) in [7, 11) is -3.78. The van der Waals surface area contributed by atoms with E-state index in [4.69, 9.17) is 17.3 Å². The minimum absolute atomic E-state index is 0.142. The molecule has 0 aromatic carbocycles. The third kappa shape index (κ3) is 2.48. The van der Waals surface area contributed by atoms with Crippen molar-refractivity contribution in [2.45, 2.75) is 17.2 Å². The van der Waals surface area contributed by atoms with E-state index >= 15 is 0 Å². The smallest absolute Gasteiger partial charge is 0.278 e. The summed E-state index contributed by atoms with van der Waals surface area (Å²) in [5, 5.41) is 0.725. The molecule has 1 atom stereocenters. The standard InChI is InChI=1S/C13H11BrClN3O2S2/c1-7(16)9-6-18(13-8(9)3-2-4-17-13)22(19,20)11-5-10(14)12(15)21-11/h2-7H,16H2,1H3. The number of aromatic nitrogens is 2. The lowest BCUT2D eigenvalue weighted by atomic mass is 10.1. The third-order valence-corrected chi connectivity index (χ3v) is 7.76. The highest BCUT2D eigenvalue weighted by Gasteiger charge is 2.25. The Morgan fingerprint density at radius 1 is 1.50 bits per heavy atom. The van der Waals surface area contributed by atoms with Gasteiger partial charge in [-0.2, -0.15) is 8.42 Å². The van der Waals surface area contributed by atoms with Crippen molar-refractivity contribution in [1.82, 2.24) is 8.96 Å². The van der Waals surface area contributed by atoms with Crippen LogP contribution in [0.3, 0.4) is 0 Å². The van der Waals surface area contributed by atoms with Crippen molar-refractivity contribution in [3.05, 3.63) is 45.0 Å². The lowest BCUT2D eigenvalue weighted by Gasteiger charge is -2.04. The molecule has 0 saturated carbocycles. The zero-order valence-electron chi connectivity index (χ0n) is 11.3. The molecule has 116 valence electrons. The molecule has 0 aliphatic heterocycles. The average Bonchev–Trinajstić information content (AvgIpc) is 3.01. The molecule has 5 nitrogen and oxygen atoms in total. The van der Waals surface area contributed by atoms with Gasteiger partial charge in [0.2, 0.25) is 0 Å². The molecule has 0 saturated heterocycles. The van der Waals surface area contributed by atoms with E-state index in [1.165, 1.54) is 12.3 Å². The van der Waals surface area contributed by atoms with Gasteiger partial charge in [0, 0.05) is 28.3 Å². The van der Waals surface area contributed by atoms with Gasteiger partial charge < -0.3 is 5.73 Å². The Hall–Kier alpha value is -0.930. The normalized spacial score (nSPS) is 13.6.